The van der Waals surface area contributed by atoms with Crippen LogP contribution < -0.4 is 0 Å². The Bertz CT molecular complexity index is 632. The van der Waals surface area contributed by atoms with E-state index in [0.717, 1.165) is 10.9 Å². The second-order valence-corrected chi connectivity index (χ2v) is 5.50. The van der Waals surface area contributed by atoms with E-state index >= 15 is 0 Å². The van der Waals surface area contributed by atoms with E-state index < -0.39 is 6.10 Å². The zero-order valence-corrected chi connectivity index (χ0v) is 11.7. The number of hydrogen-bond donors (Lipinski definition) is 3. The summed E-state index contributed by atoms with van der Waals surface area (Å²) in [5.74, 6) is -0.0145. The van der Waals surface area contributed by atoms with Gasteiger partial charge in [0.15, 0.2) is 5.69 Å². The van der Waals surface area contributed by atoms with Crippen molar-refractivity contribution in [3.8, 4) is 0 Å². The average molecular weight is 289 g/mol. The first kappa shape index (κ1) is 14.0. The lowest BCUT2D eigenvalue weighted by Gasteiger charge is -2.33. The molecule has 1 fully saturated rings. The first-order chi connectivity index (χ1) is 10.2. The van der Waals surface area contributed by atoms with Crippen LogP contribution in [0.5, 0.6) is 0 Å². The number of nitrogens with zero attached hydrogens (tertiary/aromatic N) is 2. The summed E-state index contributed by atoms with van der Waals surface area (Å²) in [6.07, 6.45) is 0.722. The van der Waals surface area contributed by atoms with E-state index in [4.69, 9.17) is 5.11 Å². The highest BCUT2D eigenvalue weighted by Crippen LogP contribution is 2.23. The van der Waals surface area contributed by atoms with Gasteiger partial charge in [0.2, 0.25) is 0 Å². The molecule has 3 rings (SSSR count). The lowest BCUT2D eigenvalue weighted by molar-refractivity contribution is 0.0178. The number of para-hydroxylation sites is 1. The molecule has 2 aromatic rings. The van der Waals surface area contributed by atoms with Crippen molar-refractivity contribution in [1.82, 2.24) is 15.1 Å². The number of piperidine rings is 1. The molecule has 21 heavy (non-hydrogen) atoms. The van der Waals surface area contributed by atoms with Crippen LogP contribution in [0.2, 0.25) is 0 Å². The minimum atomic E-state index is -0.687. The van der Waals surface area contributed by atoms with Gasteiger partial charge in [-0.15, -0.1) is 0 Å². The molecular formula is C15H19N3O3. The molecule has 1 amide bonds. The van der Waals surface area contributed by atoms with Crippen molar-refractivity contribution in [1.29, 1.82) is 0 Å². The summed E-state index contributed by atoms with van der Waals surface area (Å²) in [7, 11) is 0. The van der Waals surface area contributed by atoms with Crippen LogP contribution >= 0.6 is 0 Å². The third-order valence-corrected chi connectivity index (χ3v) is 4.23. The minimum Gasteiger partial charge on any atom is -0.394 e. The Morgan fingerprint density at radius 2 is 2.10 bits per heavy atom. The number of amides is 1. The van der Waals surface area contributed by atoms with E-state index in [1.54, 1.807) is 4.90 Å². The first-order valence-electron chi connectivity index (χ1n) is 7.22. The van der Waals surface area contributed by atoms with Crippen molar-refractivity contribution in [2.75, 3.05) is 19.7 Å². The summed E-state index contributed by atoms with van der Waals surface area (Å²) in [6, 6.07) is 7.56. The number of carbonyl (C=O) groups is 1. The summed E-state index contributed by atoms with van der Waals surface area (Å²) >= 11 is 0. The van der Waals surface area contributed by atoms with Crippen LogP contribution in [0.3, 0.4) is 0 Å². The topological polar surface area (TPSA) is 89.5 Å². The van der Waals surface area contributed by atoms with Gasteiger partial charge in [0.05, 0.1) is 18.2 Å². The molecule has 3 N–H and O–H groups in total. The Kier molecular flexibility index (Phi) is 3.90. The Morgan fingerprint density at radius 1 is 1.38 bits per heavy atom. The molecule has 1 atom stereocenters. The van der Waals surface area contributed by atoms with E-state index in [2.05, 4.69) is 10.2 Å². The number of hydrogen-bond acceptors (Lipinski definition) is 4. The molecule has 1 saturated heterocycles. The van der Waals surface area contributed by atoms with Crippen molar-refractivity contribution >= 4 is 16.8 Å². The Balaban J connectivity index is 1.72. The van der Waals surface area contributed by atoms with Gasteiger partial charge in [0.1, 0.15) is 0 Å². The zero-order valence-electron chi connectivity index (χ0n) is 11.7. The van der Waals surface area contributed by atoms with E-state index in [1.807, 2.05) is 24.3 Å². The number of aromatic amines is 1. The third kappa shape index (κ3) is 2.64. The summed E-state index contributed by atoms with van der Waals surface area (Å²) in [4.78, 5) is 14.3. The Hall–Kier alpha value is -1.92. The maximum absolute atomic E-state index is 12.6. The first-order valence-corrected chi connectivity index (χ1v) is 7.22. The standard InChI is InChI=1S/C15H19N3O3/c19-9-13(20)10-5-7-18(8-6-10)15(21)14-11-3-1-2-4-12(11)16-17-14/h1-4,10,13,19-20H,5-9H2,(H,16,17). The zero-order chi connectivity index (χ0) is 14.8. The minimum absolute atomic E-state index is 0.0648. The summed E-state index contributed by atoms with van der Waals surface area (Å²) in [5, 5.41) is 26.5. The average Bonchev–Trinajstić information content (AvgIpc) is 2.97. The van der Waals surface area contributed by atoms with Crippen LogP contribution in [-0.2, 0) is 0 Å². The van der Waals surface area contributed by atoms with Gasteiger partial charge in [-0.2, -0.15) is 5.10 Å². The van der Waals surface area contributed by atoms with Crippen molar-refractivity contribution in [3.63, 3.8) is 0 Å². The molecule has 1 aromatic heterocycles. The van der Waals surface area contributed by atoms with Gasteiger partial charge < -0.3 is 15.1 Å². The number of carbonyl (C=O) groups excluding carboxylic acids is 1. The number of likely N-dealkylation sites (tertiary alicyclic amines) is 1. The molecule has 6 heteroatoms. The summed E-state index contributed by atoms with van der Waals surface area (Å²) in [6.45, 7) is 0.951. The second kappa shape index (κ2) is 5.83. The van der Waals surface area contributed by atoms with Crippen molar-refractivity contribution in [2.45, 2.75) is 18.9 Å². The molecule has 1 aromatic carbocycles. The quantitative estimate of drug-likeness (QED) is 0.778. The largest absolute Gasteiger partial charge is 0.394 e. The number of H-pyrrole nitrogens is 1. The molecule has 0 saturated carbocycles. The highest BCUT2D eigenvalue weighted by molar-refractivity contribution is 6.04. The van der Waals surface area contributed by atoms with Crippen molar-refractivity contribution in [3.05, 3.63) is 30.0 Å². The number of aromatic nitrogens is 2. The number of aliphatic hydroxyl groups excluding tert-OH is 2. The van der Waals surface area contributed by atoms with Gasteiger partial charge >= 0.3 is 0 Å². The lowest BCUT2D eigenvalue weighted by Crippen LogP contribution is -2.42. The lowest BCUT2D eigenvalue weighted by atomic mass is 9.91. The van der Waals surface area contributed by atoms with E-state index in [-0.39, 0.29) is 18.4 Å². The molecule has 6 nitrogen and oxygen atoms in total. The van der Waals surface area contributed by atoms with Gasteiger partial charge in [-0.25, -0.2) is 0 Å². The van der Waals surface area contributed by atoms with Crippen molar-refractivity contribution in [2.24, 2.45) is 5.92 Å². The summed E-state index contributed by atoms with van der Waals surface area (Å²) < 4.78 is 0. The molecule has 112 valence electrons. The number of nitrogens with one attached hydrogen (secondary N) is 1. The van der Waals surface area contributed by atoms with Gasteiger partial charge in [-0.1, -0.05) is 18.2 Å². The van der Waals surface area contributed by atoms with Crippen LogP contribution in [0.25, 0.3) is 10.9 Å². The molecule has 0 radical (unpaired) electrons. The Labute approximate surface area is 122 Å². The maximum Gasteiger partial charge on any atom is 0.274 e. The van der Waals surface area contributed by atoms with Gasteiger partial charge in [0.25, 0.3) is 5.91 Å². The molecule has 0 aliphatic carbocycles. The normalized spacial score (nSPS) is 18.1. The van der Waals surface area contributed by atoms with Gasteiger partial charge in [-0.05, 0) is 24.8 Å². The highest BCUT2D eigenvalue weighted by Gasteiger charge is 2.29. The molecule has 1 aliphatic heterocycles. The van der Waals surface area contributed by atoms with Gasteiger partial charge in [-0.3, -0.25) is 9.89 Å². The molecule has 0 bridgehead atoms. The number of aliphatic hydroxyl groups is 2. The molecule has 0 spiro atoms. The number of benzene rings is 1. The van der Waals surface area contributed by atoms with E-state index in [9.17, 15) is 9.90 Å². The molecule has 1 unspecified atom stereocenters. The third-order valence-electron chi connectivity index (χ3n) is 4.23. The fourth-order valence-corrected chi connectivity index (χ4v) is 2.91. The smallest absolute Gasteiger partial charge is 0.274 e. The predicted octanol–water partition coefficient (Wildman–Crippen LogP) is 0.768. The predicted molar refractivity (Wildman–Crippen MR) is 77.8 cm³/mol. The van der Waals surface area contributed by atoms with Gasteiger partial charge in [0, 0.05) is 18.5 Å². The second-order valence-electron chi connectivity index (χ2n) is 5.50. The van der Waals surface area contributed by atoms with Crippen LogP contribution in [0.1, 0.15) is 23.3 Å². The van der Waals surface area contributed by atoms with E-state index in [0.29, 0.717) is 31.6 Å². The van der Waals surface area contributed by atoms with Crippen LogP contribution in [0.15, 0.2) is 24.3 Å². The van der Waals surface area contributed by atoms with Crippen LogP contribution in [0.4, 0.5) is 0 Å². The highest BCUT2D eigenvalue weighted by atomic mass is 16.3. The monoisotopic (exact) mass is 289 g/mol. The Morgan fingerprint density at radius 3 is 2.81 bits per heavy atom. The maximum atomic E-state index is 12.6. The molecule has 1 aliphatic rings. The van der Waals surface area contributed by atoms with Crippen molar-refractivity contribution < 1.29 is 15.0 Å². The molecular weight excluding hydrogens is 270 g/mol. The fraction of sp³-hybridized carbons (Fsp3) is 0.467. The summed E-state index contributed by atoms with van der Waals surface area (Å²) in [5.41, 5.74) is 1.30. The van der Waals surface area contributed by atoms with Crippen LogP contribution in [0, 0.1) is 5.92 Å². The number of rotatable bonds is 3. The van der Waals surface area contributed by atoms with E-state index in [1.165, 1.54) is 0 Å². The SMILES string of the molecule is O=C(c1n[nH]c2ccccc12)N1CCC(C(O)CO)CC1. The number of fused-ring (bicyclic) bond motifs is 1. The van der Waals surface area contributed by atoms with Crippen LogP contribution in [-0.4, -0.2) is 57.0 Å². The molecule has 2 heterocycles. The fourth-order valence-electron chi connectivity index (χ4n) is 2.91.